The van der Waals surface area contributed by atoms with Crippen molar-refractivity contribution in [1.29, 1.82) is 0 Å². The SMILES string of the molecule is CC(C)(N)C(=O)N[C@H](COCc1ccccc1)C(O)Nc1cn(C(C)(C(=O)N2CCCC2)c2ccccc2)cn1. The molecule has 1 saturated heterocycles. The van der Waals surface area contributed by atoms with E-state index in [-0.39, 0.29) is 12.5 Å². The Labute approximate surface area is 235 Å². The number of carbonyl (C=O) groups is 2. The van der Waals surface area contributed by atoms with Crippen molar-refractivity contribution in [2.75, 3.05) is 25.0 Å². The zero-order valence-corrected chi connectivity index (χ0v) is 23.4. The van der Waals surface area contributed by atoms with Crippen molar-refractivity contribution in [3.63, 3.8) is 0 Å². The summed E-state index contributed by atoms with van der Waals surface area (Å²) in [6.45, 7) is 6.86. The molecule has 214 valence electrons. The summed E-state index contributed by atoms with van der Waals surface area (Å²) in [4.78, 5) is 32.8. The molecule has 1 aliphatic heterocycles. The predicted molar refractivity (Wildman–Crippen MR) is 153 cm³/mol. The average molecular weight is 549 g/mol. The molecule has 0 saturated carbocycles. The van der Waals surface area contributed by atoms with Crippen LogP contribution in [0.2, 0.25) is 0 Å². The molecule has 3 atom stereocenters. The van der Waals surface area contributed by atoms with Crippen LogP contribution in [0.15, 0.2) is 73.2 Å². The minimum atomic E-state index is -1.25. The molecular weight excluding hydrogens is 508 g/mol. The van der Waals surface area contributed by atoms with Gasteiger partial charge in [0.25, 0.3) is 5.91 Å². The molecule has 40 heavy (non-hydrogen) atoms. The van der Waals surface area contributed by atoms with E-state index in [2.05, 4.69) is 15.6 Å². The number of anilines is 1. The second kappa shape index (κ2) is 12.6. The Hall–Kier alpha value is -3.73. The average Bonchev–Trinajstić information content (AvgIpc) is 3.65. The molecule has 1 aromatic heterocycles. The summed E-state index contributed by atoms with van der Waals surface area (Å²) in [7, 11) is 0. The van der Waals surface area contributed by atoms with Gasteiger partial charge in [0.2, 0.25) is 5.91 Å². The molecule has 4 rings (SSSR count). The Morgan fingerprint density at radius 2 is 1.68 bits per heavy atom. The number of aromatic nitrogens is 2. The molecule has 1 aliphatic rings. The van der Waals surface area contributed by atoms with Crippen molar-refractivity contribution in [3.8, 4) is 0 Å². The fourth-order valence-electron chi connectivity index (χ4n) is 4.71. The van der Waals surface area contributed by atoms with Crippen molar-refractivity contribution in [2.45, 2.75) is 63.6 Å². The molecule has 2 unspecified atom stereocenters. The number of imidazole rings is 1. The largest absolute Gasteiger partial charge is 0.374 e. The molecule has 2 amide bonds. The van der Waals surface area contributed by atoms with Crippen LogP contribution in [-0.2, 0) is 26.5 Å². The Morgan fingerprint density at radius 3 is 2.30 bits per heavy atom. The number of amides is 2. The molecule has 10 nitrogen and oxygen atoms in total. The first-order valence-corrected chi connectivity index (χ1v) is 13.6. The lowest BCUT2D eigenvalue weighted by Gasteiger charge is -2.34. The van der Waals surface area contributed by atoms with Gasteiger partial charge in [0, 0.05) is 19.3 Å². The second-order valence-electron chi connectivity index (χ2n) is 11.0. The third-order valence-corrected chi connectivity index (χ3v) is 7.23. The first-order chi connectivity index (χ1) is 19.1. The number of nitrogens with zero attached hydrogens (tertiary/aromatic N) is 3. The summed E-state index contributed by atoms with van der Waals surface area (Å²) < 4.78 is 7.59. The highest BCUT2D eigenvalue weighted by Gasteiger charge is 2.41. The van der Waals surface area contributed by atoms with E-state index in [9.17, 15) is 14.7 Å². The molecule has 10 heteroatoms. The highest BCUT2D eigenvalue weighted by molar-refractivity contribution is 5.88. The lowest BCUT2D eigenvalue weighted by Crippen LogP contribution is -2.57. The van der Waals surface area contributed by atoms with Gasteiger partial charge in [-0.15, -0.1) is 0 Å². The van der Waals surface area contributed by atoms with Crippen LogP contribution >= 0.6 is 0 Å². The second-order valence-corrected chi connectivity index (χ2v) is 11.0. The van der Waals surface area contributed by atoms with E-state index in [1.165, 1.54) is 0 Å². The zero-order chi connectivity index (χ0) is 28.8. The topological polar surface area (TPSA) is 135 Å². The highest BCUT2D eigenvalue weighted by Crippen LogP contribution is 2.31. The number of rotatable bonds is 12. The fourth-order valence-corrected chi connectivity index (χ4v) is 4.71. The van der Waals surface area contributed by atoms with E-state index in [1.807, 2.05) is 72.5 Å². The number of ether oxygens (including phenoxy) is 1. The Kier molecular flexibility index (Phi) is 9.24. The monoisotopic (exact) mass is 548 g/mol. The van der Waals surface area contributed by atoms with Crippen molar-refractivity contribution in [2.24, 2.45) is 5.73 Å². The predicted octanol–water partition coefficient (Wildman–Crippen LogP) is 2.44. The molecule has 2 heterocycles. The van der Waals surface area contributed by atoms with Crippen molar-refractivity contribution >= 4 is 17.6 Å². The summed E-state index contributed by atoms with van der Waals surface area (Å²) in [6.07, 6.45) is 4.00. The molecule has 0 aliphatic carbocycles. The number of hydrogen-bond acceptors (Lipinski definition) is 7. The summed E-state index contributed by atoms with van der Waals surface area (Å²) in [5.74, 6) is -0.0939. The zero-order valence-electron chi connectivity index (χ0n) is 23.4. The summed E-state index contributed by atoms with van der Waals surface area (Å²) in [5, 5.41) is 16.9. The maximum Gasteiger partial charge on any atom is 0.253 e. The van der Waals surface area contributed by atoms with Gasteiger partial charge in [0.05, 0.1) is 31.1 Å². The number of carbonyl (C=O) groups excluding carboxylic acids is 2. The number of hydrogen-bond donors (Lipinski definition) is 4. The van der Waals surface area contributed by atoms with Gasteiger partial charge in [-0.25, -0.2) is 4.98 Å². The van der Waals surface area contributed by atoms with Crippen molar-refractivity contribution in [3.05, 3.63) is 84.3 Å². The molecule has 3 aromatic rings. The normalized spacial score (nSPS) is 16.7. The summed E-state index contributed by atoms with van der Waals surface area (Å²) >= 11 is 0. The maximum atomic E-state index is 13.8. The van der Waals surface area contributed by atoms with Crippen LogP contribution in [-0.4, -0.2) is 68.9 Å². The molecule has 5 N–H and O–H groups in total. The van der Waals surface area contributed by atoms with Gasteiger partial charge in [-0.05, 0) is 44.7 Å². The van der Waals surface area contributed by atoms with Crippen LogP contribution in [0.25, 0.3) is 0 Å². The third kappa shape index (κ3) is 6.88. The van der Waals surface area contributed by atoms with Crippen LogP contribution in [0, 0.1) is 0 Å². The van der Waals surface area contributed by atoms with Crippen LogP contribution < -0.4 is 16.4 Å². The van der Waals surface area contributed by atoms with Crippen LogP contribution in [0.5, 0.6) is 0 Å². The summed E-state index contributed by atoms with van der Waals surface area (Å²) in [5.41, 5.74) is 5.61. The Balaban J connectivity index is 1.52. The van der Waals surface area contributed by atoms with Gasteiger partial charge in [0.1, 0.15) is 17.6 Å². The van der Waals surface area contributed by atoms with Gasteiger partial charge < -0.3 is 35.7 Å². The van der Waals surface area contributed by atoms with Crippen molar-refractivity contribution in [1.82, 2.24) is 19.8 Å². The number of aliphatic hydroxyl groups excluding tert-OH is 1. The minimum absolute atomic E-state index is 0.00896. The molecule has 0 radical (unpaired) electrons. The Bertz CT molecular complexity index is 1250. The number of benzene rings is 2. The molecule has 1 fully saturated rings. The van der Waals surface area contributed by atoms with E-state index in [0.717, 1.165) is 37.1 Å². The van der Waals surface area contributed by atoms with E-state index < -0.39 is 29.3 Å². The third-order valence-electron chi connectivity index (χ3n) is 7.23. The first kappa shape index (κ1) is 29.3. The molecule has 2 aromatic carbocycles. The van der Waals surface area contributed by atoms with Crippen LogP contribution in [0.1, 0.15) is 44.7 Å². The number of aliphatic hydroxyl groups is 1. The fraction of sp³-hybridized carbons (Fsp3) is 0.433. The van der Waals surface area contributed by atoms with Crippen molar-refractivity contribution < 1.29 is 19.4 Å². The van der Waals surface area contributed by atoms with Gasteiger partial charge in [-0.1, -0.05) is 60.7 Å². The Morgan fingerprint density at radius 1 is 1.05 bits per heavy atom. The van der Waals surface area contributed by atoms with Gasteiger partial charge in [-0.2, -0.15) is 0 Å². The quantitative estimate of drug-likeness (QED) is 0.255. The van der Waals surface area contributed by atoms with Crippen LogP contribution in [0.3, 0.4) is 0 Å². The number of likely N-dealkylation sites (tertiary alicyclic amines) is 1. The maximum absolute atomic E-state index is 13.8. The first-order valence-electron chi connectivity index (χ1n) is 13.6. The number of nitrogens with one attached hydrogen (secondary N) is 2. The van der Waals surface area contributed by atoms with E-state index in [4.69, 9.17) is 10.5 Å². The molecule has 0 spiro atoms. The smallest absolute Gasteiger partial charge is 0.253 e. The number of nitrogens with two attached hydrogens (primary N) is 1. The lowest BCUT2D eigenvalue weighted by molar-refractivity contribution is -0.137. The van der Waals surface area contributed by atoms with Gasteiger partial charge in [-0.3, -0.25) is 9.59 Å². The van der Waals surface area contributed by atoms with Gasteiger partial charge >= 0.3 is 0 Å². The highest BCUT2D eigenvalue weighted by atomic mass is 16.5. The minimum Gasteiger partial charge on any atom is -0.374 e. The van der Waals surface area contributed by atoms with E-state index in [1.54, 1.807) is 30.9 Å². The molecule has 0 bridgehead atoms. The standard InChI is InChI=1S/C30H40N6O4/c1-29(2,31)27(38)33-24(20-40-19-22-12-6-4-7-13-22)26(37)34-25-18-36(21-32-25)30(3,23-14-8-5-9-15-23)28(39)35-16-10-11-17-35/h4-9,12-15,18,21,24,26,34,37H,10-11,16-17,19-20,31H2,1-3H3,(H,33,38)/t24-,26?,30?/m1/s1. The molecular formula is C30H40N6O4. The lowest BCUT2D eigenvalue weighted by atomic mass is 9.90. The van der Waals surface area contributed by atoms with Gasteiger partial charge in [0.15, 0.2) is 0 Å². The van der Waals surface area contributed by atoms with Crippen LogP contribution in [0.4, 0.5) is 5.82 Å². The van der Waals surface area contributed by atoms with E-state index >= 15 is 0 Å². The summed E-state index contributed by atoms with van der Waals surface area (Å²) in [6, 6.07) is 18.4. The van der Waals surface area contributed by atoms with E-state index in [0.29, 0.717) is 12.4 Å².